The molecule has 1 aliphatic heterocycles. The second kappa shape index (κ2) is 6.11. The van der Waals surface area contributed by atoms with E-state index in [0.29, 0.717) is 6.04 Å². The van der Waals surface area contributed by atoms with Gasteiger partial charge >= 0.3 is 0 Å². The molecule has 0 amide bonds. The second-order valence-corrected chi connectivity index (χ2v) is 6.25. The molecule has 0 bridgehead atoms. The van der Waals surface area contributed by atoms with Gasteiger partial charge in [0.25, 0.3) is 0 Å². The van der Waals surface area contributed by atoms with Gasteiger partial charge in [0, 0.05) is 19.6 Å². The number of hydrogen-bond acceptors (Lipinski definition) is 5. The third-order valence-corrected chi connectivity index (χ3v) is 4.76. The predicted molar refractivity (Wildman–Crippen MR) is 93.4 cm³/mol. The smallest absolute Gasteiger partial charge is 0.163 e. The quantitative estimate of drug-likeness (QED) is 0.738. The average molecular weight is 323 g/mol. The van der Waals surface area contributed by atoms with Gasteiger partial charge in [0.05, 0.1) is 18.7 Å². The summed E-state index contributed by atoms with van der Waals surface area (Å²) >= 11 is 0. The molecule has 3 heterocycles. The van der Waals surface area contributed by atoms with Crippen molar-refractivity contribution in [1.29, 1.82) is 0 Å². The van der Waals surface area contributed by atoms with Crippen LogP contribution in [0.15, 0.2) is 36.8 Å². The summed E-state index contributed by atoms with van der Waals surface area (Å²) in [6, 6.07) is 8.77. The van der Waals surface area contributed by atoms with Crippen LogP contribution in [0, 0.1) is 0 Å². The molecule has 0 N–H and O–H groups in total. The fraction of sp³-hybridized carbons (Fsp3) is 0.389. The highest BCUT2D eigenvalue weighted by Crippen LogP contribution is 2.31. The maximum atomic E-state index is 5.35. The summed E-state index contributed by atoms with van der Waals surface area (Å²) in [6.45, 7) is 1.02. The third-order valence-electron chi connectivity index (χ3n) is 4.76. The van der Waals surface area contributed by atoms with E-state index in [0.717, 1.165) is 35.6 Å². The molecule has 124 valence electrons. The van der Waals surface area contributed by atoms with Gasteiger partial charge in [0.15, 0.2) is 5.65 Å². The number of aromatic nitrogens is 4. The summed E-state index contributed by atoms with van der Waals surface area (Å²) in [5.41, 5.74) is 2.18. The molecule has 24 heavy (non-hydrogen) atoms. The van der Waals surface area contributed by atoms with E-state index < -0.39 is 0 Å². The lowest BCUT2D eigenvalue weighted by Gasteiger charge is -2.26. The van der Waals surface area contributed by atoms with E-state index in [9.17, 15) is 0 Å². The lowest BCUT2D eigenvalue weighted by molar-refractivity contribution is 0.414. The SMILES string of the molecule is COc1cccc(C[C@@H]2CCCN2c2ncnc3c2cnn3C)c1. The first-order valence-electron chi connectivity index (χ1n) is 8.28. The van der Waals surface area contributed by atoms with Crippen LogP contribution in [0.2, 0.25) is 0 Å². The van der Waals surface area contributed by atoms with E-state index in [1.807, 2.05) is 19.3 Å². The molecule has 2 aromatic heterocycles. The van der Waals surface area contributed by atoms with E-state index in [2.05, 4.69) is 38.2 Å². The van der Waals surface area contributed by atoms with Gasteiger partial charge < -0.3 is 9.64 Å². The van der Waals surface area contributed by atoms with Gasteiger partial charge in [-0.15, -0.1) is 0 Å². The largest absolute Gasteiger partial charge is 0.497 e. The molecule has 6 heteroatoms. The maximum absolute atomic E-state index is 5.35. The van der Waals surface area contributed by atoms with Gasteiger partial charge in [-0.2, -0.15) is 5.10 Å². The van der Waals surface area contributed by atoms with Crippen molar-refractivity contribution < 1.29 is 4.74 Å². The van der Waals surface area contributed by atoms with Crippen LogP contribution in [0.5, 0.6) is 5.75 Å². The van der Waals surface area contributed by atoms with Crippen molar-refractivity contribution in [2.24, 2.45) is 7.05 Å². The Morgan fingerprint density at radius 3 is 3.08 bits per heavy atom. The summed E-state index contributed by atoms with van der Waals surface area (Å²) in [5, 5.41) is 5.36. The number of nitrogens with zero attached hydrogens (tertiary/aromatic N) is 5. The van der Waals surface area contributed by atoms with Crippen LogP contribution in [0.4, 0.5) is 5.82 Å². The number of anilines is 1. The summed E-state index contributed by atoms with van der Waals surface area (Å²) in [5.74, 6) is 1.91. The molecule has 0 radical (unpaired) electrons. The molecule has 0 saturated carbocycles. The maximum Gasteiger partial charge on any atom is 0.163 e. The minimum atomic E-state index is 0.440. The number of hydrogen-bond donors (Lipinski definition) is 0. The summed E-state index contributed by atoms with van der Waals surface area (Å²) < 4.78 is 7.15. The van der Waals surface area contributed by atoms with Crippen LogP contribution in [-0.4, -0.2) is 39.4 Å². The molecule has 6 nitrogen and oxygen atoms in total. The van der Waals surface area contributed by atoms with Crippen molar-refractivity contribution in [2.45, 2.75) is 25.3 Å². The molecule has 0 unspecified atom stereocenters. The molecule has 4 rings (SSSR count). The Kier molecular flexibility index (Phi) is 3.80. The average Bonchev–Trinajstić information content (AvgIpc) is 3.22. The monoisotopic (exact) mass is 323 g/mol. The molecular weight excluding hydrogens is 302 g/mol. The van der Waals surface area contributed by atoms with E-state index in [4.69, 9.17) is 4.74 Å². The van der Waals surface area contributed by atoms with Gasteiger partial charge in [-0.1, -0.05) is 12.1 Å². The number of ether oxygens (including phenoxy) is 1. The molecule has 1 atom stereocenters. The van der Waals surface area contributed by atoms with Crippen molar-refractivity contribution in [3.8, 4) is 5.75 Å². The number of fused-ring (bicyclic) bond motifs is 1. The zero-order valence-corrected chi connectivity index (χ0v) is 14.0. The molecule has 0 spiro atoms. The van der Waals surface area contributed by atoms with Crippen LogP contribution in [0.25, 0.3) is 11.0 Å². The van der Waals surface area contributed by atoms with E-state index in [-0.39, 0.29) is 0 Å². The Labute approximate surface area is 141 Å². The highest BCUT2D eigenvalue weighted by Gasteiger charge is 2.28. The minimum Gasteiger partial charge on any atom is -0.497 e. The van der Waals surface area contributed by atoms with Crippen LogP contribution in [0.1, 0.15) is 18.4 Å². The Bertz CT molecular complexity index is 859. The predicted octanol–water partition coefficient (Wildman–Crippen LogP) is 2.58. The standard InChI is InChI=1S/C18H21N5O/c1-22-17-16(11-21-22)18(20-12-19-17)23-8-4-6-14(23)9-13-5-3-7-15(10-13)24-2/h3,5,7,10-12,14H,4,6,8-9H2,1-2H3/t14-/m0/s1. The Morgan fingerprint density at radius 1 is 1.29 bits per heavy atom. The number of aryl methyl sites for hydroxylation is 1. The zero-order chi connectivity index (χ0) is 16.5. The number of benzene rings is 1. The molecule has 1 aliphatic rings. The van der Waals surface area contributed by atoms with Crippen molar-refractivity contribution >= 4 is 16.9 Å². The van der Waals surface area contributed by atoms with Crippen LogP contribution in [0.3, 0.4) is 0 Å². The summed E-state index contributed by atoms with van der Waals surface area (Å²) in [7, 11) is 3.62. The molecule has 1 aromatic carbocycles. The Balaban J connectivity index is 1.64. The fourth-order valence-electron chi connectivity index (χ4n) is 3.58. The van der Waals surface area contributed by atoms with E-state index in [1.54, 1.807) is 18.1 Å². The molecule has 0 aliphatic carbocycles. The molecule has 1 saturated heterocycles. The molecule has 3 aromatic rings. The van der Waals surface area contributed by atoms with Crippen molar-refractivity contribution in [3.05, 3.63) is 42.4 Å². The number of methoxy groups -OCH3 is 1. The van der Waals surface area contributed by atoms with Gasteiger partial charge in [-0.3, -0.25) is 4.68 Å². The topological polar surface area (TPSA) is 56.1 Å². The van der Waals surface area contributed by atoms with Gasteiger partial charge in [-0.25, -0.2) is 9.97 Å². The number of rotatable bonds is 4. The summed E-state index contributed by atoms with van der Waals surface area (Å²) in [4.78, 5) is 11.3. The normalized spacial score (nSPS) is 17.6. The third kappa shape index (κ3) is 2.58. The first-order valence-corrected chi connectivity index (χ1v) is 8.28. The lowest BCUT2D eigenvalue weighted by Crippen LogP contribution is -2.31. The van der Waals surface area contributed by atoms with Crippen LogP contribution >= 0.6 is 0 Å². The molecular formula is C18H21N5O. The lowest BCUT2D eigenvalue weighted by atomic mass is 10.0. The Morgan fingerprint density at radius 2 is 2.21 bits per heavy atom. The highest BCUT2D eigenvalue weighted by molar-refractivity contribution is 5.86. The molecule has 1 fully saturated rings. The van der Waals surface area contributed by atoms with Crippen molar-refractivity contribution in [3.63, 3.8) is 0 Å². The minimum absolute atomic E-state index is 0.440. The Hall–Kier alpha value is -2.63. The van der Waals surface area contributed by atoms with Crippen molar-refractivity contribution in [1.82, 2.24) is 19.7 Å². The highest BCUT2D eigenvalue weighted by atomic mass is 16.5. The zero-order valence-electron chi connectivity index (χ0n) is 14.0. The van der Waals surface area contributed by atoms with Gasteiger partial charge in [0.2, 0.25) is 0 Å². The van der Waals surface area contributed by atoms with Gasteiger partial charge in [-0.05, 0) is 37.0 Å². The second-order valence-electron chi connectivity index (χ2n) is 6.25. The van der Waals surface area contributed by atoms with Crippen LogP contribution < -0.4 is 9.64 Å². The fourth-order valence-corrected chi connectivity index (χ4v) is 3.58. The first kappa shape index (κ1) is 14.9. The van der Waals surface area contributed by atoms with Gasteiger partial charge in [0.1, 0.15) is 17.9 Å². The first-order chi connectivity index (χ1) is 11.8. The van der Waals surface area contributed by atoms with E-state index in [1.165, 1.54) is 18.4 Å². The van der Waals surface area contributed by atoms with E-state index >= 15 is 0 Å². The van der Waals surface area contributed by atoms with Crippen molar-refractivity contribution in [2.75, 3.05) is 18.6 Å². The summed E-state index contributed by atoms with van der Waals surface area (Å²) in [6.07, 6.45) is 6.85. The van der Waals surface area contributed by atoms with Crippen LogP contribution in [-0.2, 0) is 13.5 Å².